The topological polar surface area (TPSA) is 79.9 Å². The van der Waals surface area contributed by atoms with Crippen molar-refractivity contribution < 1.29 is 4.74 Å². The van der Waals surface area contributed by atoms with Crippen molar-refractivity contribution in [3.8, 4) is 5.88 Å². The summed E-state index contributed by atoms with van der Waals surface area (Å²) in [5, 5.41) is 3.27. The molecule has 2 aromatic heterocycles. The second-order valence-corrected chi connectivity index (χ2v) is 4.81. The maximum atomic E-state index is 12.1. The summed E-state index contributed by atoms with van der Waals surface area (Å²) in [4.78, 5) is 23.4. The number of ether oxygens (including phenoxy) is 1. The Balaban J connectivity index is 2.31. The molecule has 0 saturated heterocycles. The van der Waals surface area contributed by atoms with E-state index in [0.29, 0.717) is 23.9 Å². The van der Waals surface area contributed by atoms with Crippen LogP contribution in [0.25, 0.3) is 0 Å². The molecule has 21 heavy (non-hydrogen) atoms. The highest BCUT2D eigenvalue weighted by molar-refractivity contribution is 5.53. The summed E-state index contributed by atoms with van der Waals surface area (Å²) in [6.07, 6.45) is 1.67. The van der Waals surface area contributed by atoms with Crippen LogP contribution in [0, 0.1) is 13.8 Å². The van der Waals surface area contributed by atoms with Gasteiger partial charge in [-0.25, -0.2) is 9.97 Å². The van der Waals surface area contributed by atoms with Gasteiger partial charge in [0.05, 0.1) is 29.6 Å². The Morgan fingerprint density at radius 1 is 1.43 bits per heavy atom. The quantitative estimate of drug-likeness (QED) is 0.882. The molecule has 0 amide bonds. The van der Waals surface area contributed by atoms with Gasteiger partial charge < -0.3 is 15.0 Å². The van der Waals surface area contributed by atoms with Crippen molar-refractivity contribution in [3.05, 3.63) is 45.8 Å². The minimum atomic E-state index is -0.203. The normalized spacial score (nSPS) is 12.0. The van der Waals surface area contributed by atoms with Crippen molar-refractivity contribution in [2.45, 2.75) is 33.7 Å². The third-order valence-corrected chi connectivity index (χ3v) is 3.12. The maximum Gasteiger partial charge on any atom is 0.256 e. The minimum Gasteiger partial charge on any atom is -0.476 e. The van der Waals surface area contributed by atoms with Crippen LogP contribution in [0.5, 0.6) is 5.88 Å². The third kappa shape index (κ3) is 3.39. The Labute approximate surface area is 123 Å². The summed E-state index contributed by atoms with van der Waals surface area (Å²) >= 11 is 0. The lowest BCUT2D eigenvalue weighted by atomic mass is 10.1. The van der Waals surface area contributed by atoms with E-state index in [4.69, 9.17) is 4.74 Å². The zero-order valence-electron chi connectivity index (χ0n) is 12.7. The number of rotatable bonds is 5. The number of pyridine rings is 1. The van der Waals surface area contributed by atoms with E-state index in [1.54, 1.807) is 13.1 Å². The summed E-state index contributed by atoms with van der Waals surface area (Å²) in [6.45, 7) is 7.96. The molecule has 2 rings (SSSR count). The van der Waals surface area contributed by atoms with Crippen molar-refractivity contribution in [1.82, 2.24) is 15.0 Å². The summed E-state index contributed by atoms with van der Waals surface area (Å²) in [5.41, 5.74) is 1.97. The number of nitrogens with zero attached hydrogens (tertiary/aromatic N) is 2. The van der Waals surface area contributed by atoms with E-state index in [-0.39, 0.29) is 11.6 Å². The van der Waals surface area contributed by atoms with Crippen LogP contribution in [-0.2, 0) is 0 Å². The molecular weight excluding hydrogens is 268 g/mol. The first-order chi connectivity index (χ1) is 10.0. The SMILES string of the molecule is CCOc1ncccc1NC(C)c1c(C)nc(C)[nH]c1=O. The molecule has 0 aliphatic rings. The van der Waals surface area contributed by atoms with Crippen molar-refractivity contribution in [2.24, 2.45) is 0 Å². The molecular formula is C15H20N4O2. The van der Waals surface area contributed by atoms with E-state index in [0.717, 1.165) is 11.4 Å². The number of nitrogens with one attached hydrogen (secondary N) is 2. The first-order valence-electron chi connectivity index (χ1n) is 6.94. The van der Waals surface area contributed by atoms with Crippen LogP contribution < -0.4 is 15.6 Å². The van der Waals surface area contributed by atoms with E-state index in [2.05, 4.69) is 20.3 Å². The van der Waals surface area contributed by atoms with Crippen LogP contribution >= 0.6 is 0 Å². The number of aromatic nitrogens is 3. The highest BCUT2D eigenvalue weighted by atomic mass is 16.5. The zero-order valence-corrected chi connectivity index (χ0v) is 12.7. The summed E-state index contributed by atoms with van der Waals surface area (Å²) < 4.78 is 5.48. The Morgan fingerprint density at radius 2 is 2.19 bits per heavy atom. The molecule has 0 aliphatic heterocycles. The molecule has 2 aromatic rings. The predicted molar refractivity (Wildman–Crippen MR) is 81.8 cm³/mol. The molecule has 0 fully saturated rings. The largest absolute Gasteiger partial charge is 0.476 e. The van der Waals surface area contributed by atoms with Crippen LogP contribution in [0.4, 0.5) is 5.69 Å². The highest BCUT2D eigenvalue weighted by Gasteiger charge is 2.16. The number of anilines is 1. The van der Waals surface area contributed by atoms with Crippen molar-refractivity contribution >= 4 is 5.69 Å². The van der Waals surface area contributed by atoms with Crippen LogP contribution in [0.1, 0.15) is 37.0 Å². The average Bonchev–Trinajstić information content (AvgIpc) is 2.40. The number of aryl methyl sites for hydroxylation is 2. The van der Waals surface area contributed by atoms with Gasteiger partial charge in [0.2, 0.25) is 5.88 Å². The van der Waals surface area contributed by atoms with Crippen molar-refractivity contribution in [1.29, 1.82) is 0 Å². The summed E-state index contributed by atoms with van der Waals surface area (Å²) in [6, 6.07) is 3.49. The molecule has 6 nitrogen and oxygen atoms in total. The van der Waals surface area contributed by atoms with Gasteiger partial charge in [-0.05, 0) is 39.8 Å². The molecule has 0 aromatic carbocycles. The van der Waals surface area contributed by atoms with Crippen molar-refractivity contribution in [2.75, 3.05) is 11.9 Å². The van der Waals surface area contributed by atoms with Gasteiger partial charge in [0.25, 0.3) is 5.56 Å². The van der Waals surface area contributed by atoms with E-state index in [1.807, 2.05) is 32.9 Å². The van der Waals surface area contributed by atoms with E-state index in [9.17, 15) is 4.79 Å². The number of aromatic amines is 1. The minimum absolute atomic E-state index is 0.123. The fourth-order valence-electron chi connectivity index (χ4n) is 2.30. The number of hydrogen-bond donors (Lipinski definition) is 2. The summed E-state index contributed by atoms with van der Waals surface area (Å²) in [5.74, 6) is 1.14. The first kappa shape index (κ1) is 15.0. The number of H-pyrrole nitrogens is 1. The second kappa shape index (κ2) is 6.39. The molecule has 2 N–H and O–H groups in total. The molecule has 112 valence electrons. The summed E-state index contributed by atoms with van der Waals surface area (Å²) in [7, 11) is 0. The zero-order chi connectivity index (χ0) is 15.4. The maximum absolute atomic E-state index is 12.1. The highest BCUT2D eigenvalue weighted by Crippen LogP contribution is 2.25. The van der Waals surface area contributed by atoms with Gasteiger partial charge in [0, 0.05) is 6.20 Å². The molecule has 0 radical (unpaired) electrons. The molecule has 2 heterocycles. The van der Waals surface area contributed by atoms with Gasteiger partial charge in [-0.3, -0.25) is 4.79 Å². The fourth-order valence-corrected chi connectivity index (χ4v) is 2.30. The third-order valence-electron chi connectivity index (χ3n) is 3.12. The first-order valence-corrected chi connectivity index (χ1v) is 6.94. The van der Waals surface area contributed by atoms with Gasteiger partial charge in [0.1, 0.15) is 5.82 Å². The van der Waals surface area contributed by atoms with E-state index >= 15 is 0 Å². The molecule has 6 heteroatoms. The predicted octanol–water partition coefficient (Wildman–Crippen LogP) is 2.35. The lowest BCUT2D eigenvalue weighted by molar-refractivity contribution is 0.328. The lowest BCUT2D eigenvalue weighted by Crippen LogP contribution is -2.23. The Morgan fingerprint density at radius 3 is 2.86 bits per heavy atom. The van der Waals surface area contributed by atoms with Crippen LogP contribution in [-0.4, -0.2) is 21.6 Å². The Bertz CT molecular complexity index is 682. The molecule has 0 saturated carbocycles. The molecule has 0 spiro atoms. The van der Waals surface area contributed by atoms with Crippen LogP contribution in [0.2, 0.25) is 0 Å². The average molecular weight is 288 g/mol. The Kier molecular flexibility index (Phi) is 4.57. The Hall–Kier alpha value is -2.37. The van der Waals surface area contributed by atoms with E-state index < -0.39 is 0 Å². The lowest BCUT2D eigenvalue weighted by Gasteiger charge is -2.18. The standard InChI is InChI=1S/C15H20N4O2/c1-5-21-15-12(7-6-8-16-15)18-10(3)13-9(2)17-11(4)19-14(13)20/h6-8,10,18H,5H2,1-4H3,(H,17,19,20). The van der Waals surface area contributed by atoms with Gasteiger partial charge >= 0.3 is 0 Å². The van der Waals surface area contributed by atoms with Crippen molar-refractivity contribution in [3.63, 3.8) is 0 Å². The van der Waals surface area contributed by atoms with Gasteiger partial charge in [-0.1, -0.05) is 0 Å². The van der Waals surface area contributed by atoms with Gasteiger partial charge in [-0.2, -0.15) is 0 Å². The molecule has 0 bridgehead atoms. The molecule has 1 unspecified atom stereocenters. The van der Waals surface area contributed by atoms with Crippen LogP contribution in [0.15, 0.2) is 23.1 Å². The smallest absolute Gasteiger partial charge is 0.256 e. The van der Waals surface area contributed by atoms with Crippen LogP contribution in [0.3, 0.4) is 0 Å². The van der Waals surface area contributed by atoms with Gasteiger partial charge in [0.15, 0.2) is 0 Å². The number of hydrogen-bond acceptors (Lipinski definition) is 5. The fraction of sp³-hybridized carbons (Fsp3) is 0.400. The van der Waals surface area contributed by atoms with Gasteiger partial charge in [-0.15, -0.1) is 0 Å². The monoisotopic (exact) mass is 288 g/mol. The molecule has 1 atom stereocenters. The second-order valence-electron chi connectivity index (χ2n) is 4.81. The molecule has 0 aliphatic carbocycles. The van der Waals surface area contributed by atoms with E-state index in [1.165, 1.54) is 0 Å².